The van der Waals surface area contributed by atoms with Crippen LogP contribution in [0.5, 0.6) is 0 Å². The van der Waals surface area contributed by atoms with Crippen LogP contribution >= 0.6 is 0 Å². The molecule has 0 saturated carbocycles. The number of carboxylic acid groups (broad SMARTS) is 1. The third-order valence-electron chi connectivity index (χ3n) is 3.86. The van der Waals surface area contributed by atoms with Gasteiger partial charge in [0.1, 0.15) is 0 Å². The van der Waals surface area contributed by atoms with E-state index in [2.05, 4.69) is 4.98 Å². The van der Waals surface area contributed by atoms with Gasteiger partial charge in [-0.05, 0) is 0 Å². The minimum atomic E-state index is -2.40. The van der Waals surface area contributed by atoms with Gasteiger partial charge in [-0.15, -0.1) is 0 Å². The summed E-state index contributed by atoms with van der Waals surface area (Å²) < 4.78 is 19.7. The summed E-state index contributed by atoms with van der Waals surface area (Å²) in [6.45, 7) is 1.16. The number of amides is 1. The number of aromatic nitrogens is 1. The van der Waals surface area contributed by atoms with Gasteiger partial charge >= 0.3 is 5.97 Å². The molecule has 0 aliphatic carbocycles. The van der Waals surface area contributed by atoms with Crippen LogP contribution in [0, 0.1) is 6.92 Å². The van der Waals surface area contributed by atoms with Crippen LogP contribution in [0.4, 0.5) is 4.39 Å². The van der Waals surface area contributed by atoms with E-state index in [1.165, 1.54) is 0 Å². The third kappa shape index (κ3) is 2.69. The number of carboxylic acids is 1. The number of carbonyl (C=O) groups excluding carboxylic acids is 1. The number of aliphatic carboxylic acids is 1. The van der Waals surface area contributed by atoms with Crippen molar-refractivity contribution in [3.05, 3.63) is 41.9 Å². The summed E-state index contributed by atoms with van der Waals surface area (Å²) in [4.78, 5) is 28.8. The molecule has 0 bridgehead atoms. The van der Waals surface area contributed by atoms with Crippen molar-refractivity contribution in [3.8, 4) is 11.3 Å². The molecule has 1 N–H and O–H groups in total. The molecule has 1 atom stereocenters. The summed E-state index contributed by atoms with van der Waals surface area (Å²) in [7, 11) is 0. The Hall–Kier alpha value is -2.70. The van der Waals surface area contributed by atoms with Gasteiger partial charge in [0.2, 0.25) is 5.67 Å². The topological polar surface area (TPSA) is 83.6 Å². The largest absolute Gasteiger partial charge is 0.479 e. The van der Waals surface area contributed by atoms with E-state index < -0.39 is 24.1 Å². The average molecular weight is 318 g/mol. The Kier molecular flexibility index (Phi) is 3.63. The van der Waals surface area contributed by atoms with E-state index in [9.17, 15) is 14.0 Å². The molecule has 1 saturated heterocycles. The number of likely N-dealkylation sites (tertiary alicyclic amines) is 1. The van der Waals surface area contributed by atoms with Crippen molar-refractivity contribution in [2.45, 2.75) is 19.0 Å². The molecular weight excluding hydrogens is 303 g/mol. The Labute approximate surface area is 131 Å². The van der Waals surface area contributed by atoms with E-state index in [0.717, 1.165) is 4.90 Å². The van der Waals surface area contributed by atoms with Crippen LogP contribution in [0.25, 0.3) is 11.3 Å². The maximum Gasteiger partial charge on any atom is 0.343 e. The summed E-state index contributed by atoms with van der Waals surface area (Å²) in [6, 6.07) is 8.98. The van der Waals surface area contributed by atoms with Gasteiger partial charge in [0, 0.05) is 25.5 Å². The first-order valence-corrected chi connectivity index (χ1v) is 7.15. The number of oxazole rings is 1. The van der Waals surface area contributed by atoms with Crippen LogP contribution in [0.1, 0.15) is 22.8 Å². The second-order valence-corrected chi connectivity index (χ2v) is 5.52. The molecule has 1 amide bonds. The van der Waals surface area contributed by atoms with Crippen molar-refractivity contribution in [1.29, 1.82) is 0 Å². The molecule has 2 aromatic rings. The molecule has 1 unspecified atom stereocenters. The van der Waals surface area contributed by atoms with Crippen molar-refractivity contribution < 1.29 is 23.5 Å². The molecule has 1 aromatic heterocycles. The number of benzene rings is 1. The molecule has 23 heavy (non-hydrogen) atoms. The molecule has 1 aliphatic heterocycles. The first-order valence-electron chi connectivity index (χ1n) is 7.15. The highest BCUT2D eigenvalue weighted by atomic mass is 19.1. The Morgan fingerprint density at radius 1 is 1.35 bits per heavy atom. The zero-order valence-electron chi connectivity index (χ0n) is 12.5. The predicted molar refractivity (Wildman–Crippen MR) is 78.7 cm³/mol. The highest BCUT2D eigenvalue weighted by Crippen LogP contribution is 2.30. The second-order valence-electron chi connectivity index (χ2n) is 5.52. The maximum atomic E-state index is 14.2. The summed E-state index contributed by atoms with van der Waals surface area (Å²) in [5, 5.41) is 8.93. The van der Waals surface area contributed by atoms with Gasteiger partial charge in [0.15, 0.2) is 17.3 Å². The molecule has 1 aliphatic rings. The van der Waals surface area contributed by atoms with Crippen molar-refractivity contribution in [1.82, 2.24) is 9.88 Å². The Bertz CT molecular complexity index is 759. The lowest BCUT2D eigenvalue weighted by molar-refractivity contribution is -0.149. The monoisotopic (exact) mass is 318 g/mol. The fourth-order valence-corrected chi connectivity index (χ4v) is 2.63. The van der Waals surface area contributed by atoms with Gasteiger partial charge in [-0.1, -0.05) is 30.3 Å². The van der Waals surface area contributed by atoms with Gasteiger partial charge in [0.25, 0.3) is 5.91 Å². The number of rotatable bonds is 3. The van der Waals surface area contributed by atoms with Gasteiger partial charge in [-0.2, -0.15) is 0 Å². The highest BCUT2D eigenvalue weighted by molar-refractivity contribution is 5.98. The zero-order chi connectivity index (χ0) is 16.6. The van der Waals surface area contributed by atoms with Crippen molar-refractivity contribution >= 4 is 11.9 Å². The van der Waals surface area contributed by atoms with Crippen LogP contribution < -0.4 is 0 Å². The molecule has 0 spiro atoms. The molecule has 1 fully saturated rings. The average Bonchev–Trinajstić information content (AvgIpc) is 3.12. The van der Waals surface area contributed by atoms with Gasteiger partial charge in [-0.3, -0.25) is 4.79 Å². The molecule has 120 valence electrons. The SMILES string of the molecule is Cc1nc(C(=O)N2CCC(F)(C(=O)O)C2)c(-c2ccccc2)o1. The van der Waals surface area contributed by atoms with Crippen LogP contribution in [0.2, 0.25) is 0 Å². The Morgan fingerprint density at radius 3 is 2.65 bits per heavy atom. The van der Waals surface area contributed by atoms with Crippen LogP contribution in [-0.4, -0.2) is 45.6 Å². The summed E-state index contributed by atoms with van der Waals surface area (Å²) in [5.74, 6) is -1.45. The molecule has 2 heterocycles. The van der Waals surface area contributed by atoms with E-state index >= 15 is 0 Å². The number of hydrogen-bond donors (Lipinski definition) is 1. The molecule has 7 heteroatoms. The van der Waals surface area contributed by atoms with Crippen LogP contribution in [-0.2, 0) is 4.79 Å². The fraction of sp³-hybridized carbons (Fsp3) is 0.312. The molecular formula is C16H15FN2O4. The lowest BCUT2D eigenvalue weighted by atomic mass is 10.1. The maximum absolute atomic E-state index is 14.2. The molecule has 0 radical (unpaired) electrons. The summed E-state index contributed by atoms with van der Waals surface area (Å²) in [6.07, 6.45) is -0.231. The molecule has 1 aromatic carbocycles. The molecule has 3 rings (SSSR count). The predicted octanol–water partition coefficient (Wildman–Crippen LogP) is 2.29. The van der Waals surface area contributed by atoms with E-state index in [-0.39, 0.29) is 18.7 Å². The lowest BCUT2D eigenvalue weighted by Gasteiger charge is -2.17. The number of hydrogen-bond acceptors (Lipinski definition) is 4. The highest BCUT2D eigenvalue weighted by Gasteiger charge is 2.47. The van der Waals surface area contributed by atoms with E-state index in [4.69, 9.17) is 9.52 Å². The number of nitrogens with zero attached hydrogens (tertiary/aromatic N) is 2. The lowest BCUT2D eigenvalue weighted by Crippen LogP contribution is -2.39. The van der Waals surface area contributed by atoms with Gasteiger partial charge in [0.05, 0.1) is 6.54 Å². The van der Waals surface area contributed by atoms with Crippen LogP contribution in [0.3, 0.4) is 0 Å². The van der Waals surface area contributed by atoms with Crippen molar-refractivity contribution in [3.63, 3.8) is 0 Å². The first kappa shape index (κ1) is 15.2. The third-order valence-corrected chi connectivity index (χ3v) is 3.86. The number of halogens is 1. The summed E-state index contributed by atoms with van der Waals surface area (Å²) >= 11 is 0. The Balaban J connectivity index is 1.91. The van der Waals surface area contributed by atoms with E-state index in [1.54, 1.807) is 31.2 Å². The standard InChI is InChI=1S/C16H15FN2O4/c1-10-18-12(13(23-10)11-5-3-2-4-6-11)14(20)19-8-7-16(17,9-19)15(21)22/h2-6H,7-9H2,1H3,(H,21,22). The van der Waals surface area contributed by atoms with Crippen LogP contribution in [0.15, 0.2) is 34.7 Å². The molecule has 6 nitrogen and oxygen atoms in total. The normalized spacial score (nSPS) is 20.7. The minimum Gasteiger partial charge on any atom is -0.479 e. The van der Waals surface area contributed by atoms with Gasteiger partial charge in [-0.25, -0.2) is 14.2 Å². The number of aryl methyl sites for hydroxylation is 1. The van der Waals surface area contributed by atoms with E-state index in [0.29, 0.717) is 17.2 Å². The second kappa shape index (κ2) is 5.49. The van der Waals surface area contributed by atoms with Crippen molar-refractivity contribution in [2.24, 2.45) is 0 Å². The van der Waals surface area contributed by atoms with E-state index in [1.807, 2.05) is 6.07 Å². The fourth-order valence-electron chi connectivity index (χ4n) is 2.63. The first-order chi connectivity index (χ1) is 10.9. The zero-order valence-corrected chi connectivity index (χ0v) is 12.5. The number of alkyl halides is 1. The smallest absolute Gasteiger partial charge is 0.343 e. The summed E-state index contributed by atoms with van der Waals surface area (Å²) in [5.41, 5.74) is -1.65. The Morgan fingerprint density at radius 2 is 2.04 bits per heavy atom. The van der Waals surface area contributed by atoms with Gasteiger partial charge < -0.3 is 14.4 Å². The number of carbonyl (C=O) groups is 2. The van der Waals surface area contributed by atoms with Crippen molar-refractivity contribution in [2.75, 3.05) is 13.1 Å². The quantitative estimate of drug-likeness (QED) is 0.938. The minimum absolute atomic E-state index is 0.0295.